The molecule has 6 heteroatoms. The number of hydrogen-bond acceptors (Lipinski definition) is 5. The Labute approximate surface area is 162 Å². The van der Waals surface area contributed by atoms with Crippen LogP contribution >= 0.6 is 27.3 Å². The topological polar surface area (TPSA) is 24.9 Å². The monoisotopic (exact) mass is 424 g/mol. The smallest absolute Gasteiger partial charge is 0.161 e. The molecule has 1 fully saturated rings. The molecule has 136 valence electrons. The molecule has 1 saturated heterocycles. The van der Waals surface area contributed by atoms with Crippen LogP contribution in [-0.4, -0.2) is 50.2 Å². The zero-order chi connectivity index (χ0) is 17.6. The van der Waals surface area contributed by atoms with Crippen LogP contribution in [0.25, 0.3) is 0 Å². The third-order valence-corrected chi connectivity index (χ3v) is 6.08. The summed E-state index contributed by atoms with van der Waals surface area (Å²) in [6.07, 6.45) is 1.20. The number of benzene rings is 1. The summed E-state index contributed by atoms with van der Waals surface area (Å²) in [5, 5.41) is 4.41. The van der Waals surface area contributed by atoms with Crippen molar-refractivity contribution in [1.29, 1.82) is 0 Å². The summed E-state index contributed by atoms with van der Waals surface area (Å²) in [4.78, 5) is 5.09. The van der Waals surface area contributed by atoms with E-state index in [1.807, 2.05) is 6.07 Å². The van der Waals surface area contributed by atoms with E-state index in [0.29, 0.717) is 0 Å². The van der Waals surface area contributed by atoms with Gasteiger partial charge in [-0.15, -0.1) is 0 Å². The first kappa shape index (κ1) is 18.7. The Morgan fingerprint density at radius 1 is 1.00 bits per heavy atom. The molecule has 0 spiro atoms. The van der Waals surface area contributed by atoms with Crippen molar-refractivity contribution in [3.63, 3.8) is 0 Å². The van der Waals surface area contributed by atoms with Crippen LogP contribution in [0.4, 0.5) is 0 Å². The second-order valence-corrected chi connectivity index (χ2v) is 7.97. The Balaban J connectivity index is 1.62. The Morgan fingerprint density at radius 2 is 1.68 bits per heavy atom. The number of rotatable bonds is 6. The molecule has 0 bridgehead atoms. The molecule has 1 aromatic carbocycles. The lowest BCUT2D eigenvalue weighted by Gasteiger charge is -2.22. The summed E-state index contributed by atoms with van der Waals surface area (Å²) in [6, 6.07) is 6.31. The average Bonchev–Trinajstić information content (AvgIpc) is 3.03. The number of nitrogens with zero attached hydrogens (tertiary/aromatic N) is 2. The lowest BCUT2D eigenvalue weighted by atomic mass is 10.2. The normalized spacial score (nSPS) is 16.6. The second kappa shape index (κ2) is 9.03. The fourth-order valence-corrected chi connectivity index (χ4v) is 4.35. The van der Waals surface area contributed by atoms with Crippen molar-refractivity contribution in [2.45, 2.75) is 19.5 Å². The first-order valence-electron chi connectivity index (χ1n) is 8.55. The van der Waals surface area contributed by atoms with Crippen molar-refractivity contribution in [3.05, 3.63) is 44.6 Å². The van der Waals surface area contributed by atoms with Gasteiger partial charge in [-0.25, -0.2) is 0 Å². The van der Waals surface area contributed by atoms with Crippen molar-refractivity contribution in [1.82, 2.24) is 9.80 Å². The van der Waals surface area contributed by atoms with Crippen LogP contribution in [-0.2, 0) is 13.1 Å². The van der Waals surface area contributed by atoms with Crippen LogP contribution in [0.3, 0.4) is 0 Å². The molecule has 1 aliphatic rings. The molecular formula is C19H25BrN2O2S. The first-order chi connectivity index (χ1) is 12.2. The van der Waals surface area contributed by atoms with Crippen molar-refractivity contribution in [2.75, 3.05) is 40.4 Å². The van der Waals surface area contributed by atoms with E-state index >= 15 is 0 Å². The molecule has 2 aromatic rings. The minimum absolute atomic E-state index is 0.760. The van der Waals surface area contributed by atoms with Crippen molar-refractivity contribution < 1.29 is 9.47 Å². The quantitative estimate of drug-likeness (QED) is 0.692. The molecular weight excluding hydrogens is 400 g/mol. The minimum Gasteiger partial charge on any atom is -0.493 e. The molecule has 3 rings (SSSR count). The number of thiophene rings is 1. The lowest BCUT2D eigenvalue weighted by Crippen LogP contribution is -2.30. The highest BCUT2D eigenvalue weighted by molar-refractivity contribution is 9.10. The highest BCUT2D eigenvalue weighted by Gasteiger charge is 2.17. The van der Waals surface area contributed by atoms with E-state index in [1.165, 1.54) is 24.1 Å². The maximum absolute atomic E-state index is 5.45. The van der Waals surface area contributed by atoms with Crippen molar-refractivity contribution in [2.24, 2.45) is 0 Å². The summed E-state index contributed by atoms with van der Waals surface area (Å²) >= 11 is 5.46. The van der Waals surface area contributed by atoms with Crippen molar-refractivity contribution in [3.8, 4) is 11.5 Å². The molecule has 0 unspecified atom stereocenters. The SMILES string of the molecule is COc1cc(Br)c(CN2CCCN(Cc3ccsc3)CC2)cc1OC. The molecule has 0 saturated carbocycles. The van der Waals surface area contributed by atoms with Crippen molar-refractivity contribution >= 4 is 27.3 Å². The highest BCUT2D eigenvalue weighted by atomic mass is 79.9. The Hall–Kier alpha value is -1.08. The van der Waals surface area contributed by atoms with E-state index in [1.54, 1.807) is 25.6 Å². The standard InChI is InChI=1S/C19H25BrN2O2S/c1-23-18-10-16(17(20)11-19(18)24-2)13-22-6-3-5-21(7-8-22)12-15-4-9-25-14-15/h4,9-11,14H,3,5-8,12-13H2,1-2H3. The maximum Gasteiger partial charge on any atom is 0.161 e. The van der Waals surface area contributed by atoms with Crippen LogP contribution in [0.2, 0.25) is 0 Å². The lowest BCUT2D eigenvalue weighted by molar-refractivity contribution is 0.246. The fourth-order valence-electron chi connectivity index (χ4n) is 3.24. The van der Waals surface area contributed by atoms with Gasteiger partial charge in [-0.3, -0.25) is 9.80 Å². The first-order valence-corrected chi connectivity index (χ1v) is 10.3. The van der Waals surface area contributed by atoms with Gasteiger partial charge in [0, 0.05) is 30.7 Å². The second-order valence-electron chi connectivity index (χ2n) is 6.34. The average molecular weight is 425 g/mol. The molecule has 1 aliphatic heterocycles. The van der Waals surface area contributed by atoms with Gasteiger partial charge in [0.1, 0.15) is 0 Å². The predicted octanol–water partition coefficient (Wildman–Crippen LogP) is 4.24. The summed E-state index contributed by atoms with van der Waals surface area (Å²) in [5.74, 6) is 1.55. The van der Waals surface area contributed by atoms with Gasteiger partial charge in [0.25, 0.3) is 0 Å². The van der Waals surface area contributed by atoms with Crippen LogP contribution < -0.4 is 9.47 Å². The van der Waals surface area contributed by atoms with Crippen LogP contribution in [0, 0.1) is 0 Å². The summed E-state index contributed by atoms with van der Waals surface area (Å²) in [7, 11) is 3.35. The van der Waals surface area contributed by atoms with E-state index < -0.39 is 0 Å². The van der Waals surface area contributed by atoms with Crippen LogP contribution in [0.5, 0.6) is 11.5 Å². The molecule has 2 heterocycles. The zero-order valence-corrected chi connectivity index (χ0v) is 17.2. The summed E-state index contributed by atoms with van der Waals surface area (Å²) in [6.45, 7) is 6.48. The Kier molecular flexibility index (Phi) is 6.76. The third kappa shape index (κ3) is 4.97. The molecule has 0 atom stereocenters. The van der Waals surface area contributed by atoms with E-state index in [9.17, 15) is 0 Å². The van der Waals surface area contributed by atoms with Gasteiger partial charge in [0.2, 0.25) is 0 Å². The van der Waals surface area contributed by atoms with Gasteiger partial charge in [0.15, 0.2) is 11.5 Å². The molecule has 0 aliphatic carbocycles. The van der Waals surface area contributed by atoms with Gasteiger partial charge in [-0.1, -0.05) is 15.9 Å². The van der Waals surface area contributed by atoms with Crippen LogP contribution in [0.15, 0.2) is 33.4 Å². The minimum atomic E-state index is 0.760. The molecule has 0 amide bonds. The van der Waals surface area contributed by atoms with Gasteiger partial charge < -0.3 is 9.47 Å². The van der Waals surface area contributed by atoms with E-state index in [4.69, 9.17) is 9.47 Å². The summed E-state index contributed by atoms with van der Waals surface area (Å²) < 4.78 is 11.9. The van der Waals surface area contributed by atoms with Gasteiger partial charge in [0.05, 0.1) is 14.2 Å². The van der Waals surface area contributed by atoms with Gasteiger partial charge in [-0.2, -0.15) is 11.3 Å². The predicted molar refractivity (Wildman–Crippen MR) is 107 cm³/mol. The zero-order valence-electron chi connectivity index (χ0n) is 14.8. The third-order valence-electron chi connectivity index (χ3n) is 4.61. The van der Waals surface area contributed by atoms with Gasteiger partial charge in [-0.05, 0) is 59.6 Å². The molecule has 1 aromatic heterocycles. The van der Waals surface area contributed by atoms with Crippen LogP contribution in [0.1, 0.15) is 17.5 Å². The fraction of sp³-hybridized carbons (Fsp3) is 0.474. The largest absolute Gasteiger partial charge is 0.493 e. The molecule has 0 N–H and O–H groups in total. The van der Waals surface area contributed by atoms with E-state index in [2.05, 4.69) is 48.6 Å². The highest BCUT2D eigenvalue weighted by Crippen LogP contribution is 2.34. The van der Waals surface area contributed by atoms with E-state index in [0.717, 1.165) is 48.7 Å². The number of methoxy groups -OCH3 is 2. The maximum atomic E-state index is 5.45. The summed E-state index contributed by atoms with van der Waals surface area (Å²) in [5.41, 5.74) is 2.67. The Bertz CT molecular complexity index is 678. The molecule has 0 radical (unpaired) electrons. The van der Waals surface area contributed by atoms with E-state index in [-0.39, 0.29) is 0 Å². The number of halogens is 1. The molecule has 4 nitrogen and oxygen atoms in total. The number of ether oxygens (including phenoxy) is 2. The Morgan fingerprint density at radius 3 is 2.32 bits per heavy atom. The molecule has 25 heavy (non-hydrogen) atoms. The van der Waals surface area contributed by atoms with Gasteiger partial charge >= 0.3 is 0 Å². The number of hydrogen-bond donors (Lipinski definition) is 0.